The summed E-state index contributed by atoms with van der Waals surface area (Å²) in [6.07, 6.45) is 0. The van der Waals surface area contributed by atoms with Crippen molar-refractivity contribution in [1.29, 1.82) is 0 Å². The van der Waals surface area contributed by atoms with Gasteiger partial charge in [0.1, 0.15) is 5.75 Å². The third kappa shape index (κ3) is 2.86. The topological polar surface area (TPSA) is 48.2 Å². The Morgan fingerprint density at radius 3 is 2.43 bits per heavy atom. The van der Waals surface area contributed by atoms with E-state index in [2.05, 4.69) is 10.1 Å². The van der Waals surface area contributed by atoms with Crippen LogP contribution in [0.3, 0.4) is 0 Å². The standard InChI is InChI=1S/C15H10Cl2N2O2/c1-20-13-7-6-11(17)8-12(13)15-18-14(19-21-15)9-2-4-10(16)5-3-9/h2-8H,1H3. The summed E-state index contributed by atoms with van der Waals surface area (Å²) in [4.78, 5) is 4.37. The third-order valence-corrected chi connectivity index (χ3v) is 3.41. The smallest absolute Gasteiger partial charge is 0.262 e. The Kier molecular flexibility index (Phi) is 3.82. The summed E-state index contributed by atoms with van der Waals surface area (Å²) in [6, 6.07) is 12.4. The van der Waals surface area contributed by atoms with Crippen molar-refractivity contribution in [1.82, 2.24) is 10.1 Å². The first-order valence-electron chi connectivity index (χ1n) is 6.11. The highest BCUT2D eigenvalue weighted by atomic mass is 35.5. The molecule has 0 fully saturated rings. The highest BCUT2D eigenvalue weighted by molar-refractivity contribution is 6.31. The van der Waals surface area contributed by atoms with Crippen molar-refractivity contribution in [2.45, 2.75) is 0 Å². The molecule has 21 heavy (non-hydrogen) atoms. The predicted octanol–water partition coefficient (Wildman–Crippen LogP) is 4.72. The third-order valence-electron chi connectivity index (χ3n) is 2.92. The Bertz CT molecular complexity index is 770. The van der Waals surface area contributed by atoms with E-state index in [4.69, 9.17) is 32.5 Å². The molecule has 0 aliphatic heterocycles. The van der Waals surface area contributed by atoms with Crippen molar-refractivity contribution in [3.63, 3.8) is 0 Å². The van der Waals surface area contributed by atoms with Crippen LogP contribution >= 0.6 is 23.2 Å². The van der Waals surface area contributed by atoms with Gasteiger partial charge in [0.05, 0.1) is 12.7 Å². The van der Waals surface area contributed by atoms with Gasteiger partial charge in [0, 0.05) is 15.6 Å². The Hall–Kier alpha value is -2.04. The average molecular weight is 321 g/mol. The van der Waals surface area contributed by atoms with E-state index < -0.39 is 0 Å². The van der Waals surface area contributed by atoms with E-state index in [9.17, 15) is 0 Å². The van der Waals surface area contributed by atoms with Gasteiger partial charge in [0.2, 0.25) is 5.82 Å². The Balaban J connectivity index is 2.02. The lowest BCUT2D eigenvalue weighted by atomic mass is 10.2. The van der Waals surface area contributed by atoms with Crippen LogP contribution in [0, 0.1) is 0 Å². The number of hydrogen-bond acceptors (Lipinski definition) is 4. The number of aromatic nitrogens is 2. The molecule has 106 valence electrons. The molecule has 0 N–H and O–H groups in total. The number of methoxy groups -OCH3 is 1. The molecule has 1 heterocycles. The van der Waals surface area contributed by atoms with Gasteiger partial charge in [-0.05, 0) is 42.5 Å². The maximum atomic E-state index is 6.00. The summed E-state index contributed by atoms with van der Waals surface area (Å²) in [5.41, 5.74) is 1.47. The van der Waals surface area contributed by atoms with Gasteiger partial charge < -0.3 is 9.26 Å². The van der Waals surface area contributed by atoms with Crippen molar-refractivity contribution >= 4 is 23.2 Å². The summed E-state index contributed by atoms with van der Waals surface area (Å²) in [7, 11) is 1.57. The number of benzene rings is 2. The van der Waals surface area contributed by atoms with E-state index in [0.29, 0.717) is 33.1 Å². The Labute approximate surface area is 131 Å². The van der Waals surface area contributed by atoms with Gasteiger partial charge in [-0.25, -0.2) is 0 Å². The van der Waals surface area contributed by atoms with Gasteiger partial charge in [-0.1, -0.05) is 28.4 Å². The fourth-order valence-corrected chi connectivity index (χ4v) is 2.19. The zero-order chi connectivity index (χ0) is 14.8. The van der Waals surface area contributed by atoms with Crippen LogP contribution in [0.1, 0.15) is 0 Å². The van der Waals surface area contributed by atoms with Crippen molar-refractivity contribution in [3.05, 3.63) is 52.5 Å². The monoisotopic (exact) mass is 320 g/mol. The fraction of sp³-hybridized carbons (Fsp3) is 0.0667. The van der Waals surface area contributed by atoms with Gasteiger partial charge in [-0.3, -0.25) is 0 Å². The van der Waals surface area contributed by atoms with E-state index in [-0.39, 0.29) is 0 Å². The molecule has 4 nitrogen and oxygen atoms in total. The lowest BCUT2D eigenvalue weighted by molar-refractivity contribution is 0.405. The molecule has 2 aromatic carbocycles. The minimum Gasteiger partial charge on any atom is -0.496 e. The second-order valence-electron chi connectivity index (χ2n) is 4.27. The van der Waals surface area contributed by atoms with Gasteiger partial charge in [0.25, 0.3) is 5.89 Å². The second kappa shape index (κ2) is 5.76. The molecular weight excluding hydrogens is 311 g/mol. The Morgan fingerprint density at radius 1 is 1.00 bits per heavy atom. The molecular formula is C15H10Cl2N2O2. The number of hydrogen-bond donors (Lipinski definition) is 0. The molecule has 3 rings (SSSR count). The van der Waals surface area contributed by atoms with Crippen molar-refractivity contribution < 1.29 is 9.26 Å². The average Bonchev–Trinajstić information content (AvgIpc) is 2.97. The van der Waals surface area contributed by atoms with E-state index in [0.717, 1.165) is 5.56 Å². The van der Waals surface area contributed by atoms with E-state index in [1.165, 1.54) is 0 Å². The maximum absolute atomic E-state index is 6.00. The lowest BCUT2D eigenvalue weighted by Crippen LogP contribution is -1.88. The molecule has 1 aromatic heterocycles. The van der Waals surface area contributed by atoms with Crippen LogP contribution in [0.15, 0.2) is 47.0 Å². The first kappa shape index (κ1) is 13.9. The van der Waals surface area contributed by atoms with Crippen LogP contribution in [0.2, 0.25) is 10.0 Å². The number of rotatable bonds is 3. The minimum atomic E-state index is 0.347. The first-order chi connectivity index (χ1) is 10.2. The zero-order valence-corrected chi connectivity index (χ0v) is 12.5. The lowest BCUT2D eigenvalue weighted by Gasteiger charge is -2.04. The van der Waals surface area contributed by atoms with Gasteiger partial charge in [0.15, 0.2) is 0 Å². The summed E-state index contributed by atoms with van der Waals surface area (Å²) in [5.74, 6) is 1.44. The van der Waals surface area contributed by atoms with Crippen LogP contribution in [0.5, 0.6) is 5.75 Å². The fourth-order valence-electron chi connectivity index (χ4n) is 1.90. The predicted molar refractivity (Wildman–Crippen MR) is 81.7 cm³/mol. The molecule has 0 aliphatic rings. The molecule has 0 radical (unpaired) electrons. The molecule has 0 saturated heterocycles. The summed E-state index contributed by atoms with van der Waals surface area (Å²) < 4.78 is 10.6. The highest BCUT2D eigenvalue weighted by Crippen LogP contribution is 2.32. The first-order valence-corrected chi connectivity index (χ1v) is 6.86. The largest absolute Gasteiger partial charge is 0.496 e. The molecule has 0 aliphatic carbocycles. The van der Waals surface area contributed by atoms with E-state index in [1.54, 1.807) is 37.4 Å². The van der Waals surface area contributed by atoms with Crippen LogP contribution in [-0.4, -0.2) is 17.3 Å². The maximum Gasteiger partial charge on any atom is 0.262 e. The number of nitrogens with zero attached hydrogens (tertiary/aromatic N) is 2. The van der Waals surface area contributed by atoms with Crippen LogP contribution < -0.4 is 4.74 Å². The minimum absolute atomic E-state index is 0.347. The highest BCUT2D eigenvalue weighted by Gasteiger charge is 2.15. The SMILES string of the molecule is COc1ccc(Cl)cc1-c1nc(-c2ccc(Cl)cc2)no1. The van der Waals surface area contributed by atoms with Crippen LogP contribution in [0.25, 0.3) is 22.8 Å². The number of halogens is 2. The molecule has 3 aromatic rings. The molecule has 0 amide bonds. The summed E-state index contributed by atoms with van der Waals surface area (Å²) in [5, 5.41) is 5.19. The summed E-state index contributed by atoms with van der Waals surface area (Å²) in [6.45, 7) is 0. The molecule has 0 atom stereocenters. The zero-order valence-electron chi connectivity index (χ0n) is 11.0. The van der Waals surface area contributed by atoms with E-state index >= 15 is 0 Å². The molecule has 6 heteroatoms. The van der Waals surface area contributed by atoms with E-state index in [1.807, 2.05) is 12.1 Å². The van der Waals surface area contributed by atoms with Crippen molar-refractivity contribution in [3.8, 4) is 28.6 Å². The molecule has 0 bridgehead atoms. The van der Waals surface area contributed by atoms with Crippen LogP contribution in [-0.2, 0) is 0 Å². The second-order valence-corrected chi connectivity index (χ2v) is 5.15. The van der Waals surface area contributed by atoms with Gasteiger partial charge in [-0.2, -0.15) is 4.98 Å². The summed E-state index contributed by atoms with van der Waals surface area (Å²) >= 11 is 11.9. The van der Waals surface area contributed by atoms with Gasteiger partial charge in [-0.15, -0.1) is 0 Å². The van der Waals surface area contributed by atoms with Crippen molar-refractivity contribution in [2.75, 3.05) is 7.11 Å². The molecule has 0 spiro atoms. The quantitative estimate of drug-likeness (QED) is 0.700. The Morgan fingerprint density at radius 2 is 1.71 bits per heavy atom. The van der Waals surface area contributed by atoms with Crippen molar-refractivity contribution in [2.24, 2.45) is 0 Å². The van der Waals surface area contributed by atoms with Gasteiger partial charge >= 0.3 is 0 Å². The normalized spacial score (nSPS) is 10.6. The molecule has 0 unspecified atom stereocenters. The van der Waals surface area contributed by atoms with Crippen LogP contribution in [0.4, 0.5) is 0 Å². The number of ether oxygens (including phenoxy) is 1. The molecule has 0 saturated carbocycles.